The molecular weight excluding hydrogens is 264 g/mol. The molecule has 84 valence electrons. The molecule has 0 unspecified atom stereocenters. The van der Waals surface area contributed by atoms with Gasteiger partial charge in [0, 0.05) is 12.6 Å². The van der Waals surface area contributed by atoms with Crippen LogP contribution in [0.15, 0.2) is 34.8 Å². The average molecular weight is 279 g/mol. The smallest absolute Gasteiger partial charge is 0.107 e. The molecule has 0 aliphatic carbocycles. The number of aryl methyl sites for hydroxylation is 1. The van der Waals surface area contributed by atoms with Crippen LogP contribution in [0.5, 0.6) is 0 Å². The molecule has 2 aromatic rings. The third-order valence-corrected chi connectivity index (χ3v) is 3.41. The van der Waals surface area contributed by atoms with Crippen LogP contribution in [0.1, 0.15) is 25.5 Å². The van der Waals surface area contributed by atoms with Crippen LogP contribution < -0.4 is 0 Å². The largest absolute Gasteiger partial charge is 0.271 e. The van der Waals surface area contributed by atoms with Gasteiger partial charge in [-0.3, -0.25) is 4.68 Å². The summed E-state index contributed by atoms with van der Waals surface area (Å²) in [7, 11) is 1.99. The van der Waals surface area contributed by atoms with E-state index in [9.17, 15) is 0 Å². The van der Waals surface area contributed by atoms with Crippen molar-refractivity contribution in [3.8, 4) is 11.3 Å². The Morgan fingerprint density at radius 3 is 2.31 bits per heavy atom. The minimum atomic E-state index is 0.462. The van der Waals surface area contributed by atoms with Crippen molar-refractivity contribution >= 4 is 15.9 Å². The number of benzene rings is 1. The summed E-state index contributed by atoms with van der Waals surface area (Å²) in [4.78, 5) is 0. The fourth-order valence-electron chi connectivity index (χ4n) is 1.92. The number of nitrogens with zero attached hydrogens (tertiary/aromatic N) is 2. The van der Waals surface area contributed by atoms with Gasteiger partial charge in [-0.05, 0) is 21.8 Å². The van der Waals surface area contributed by atoms with Gasteiger partial charge in [0.25, 0.3) is 0 Å². The second-order valence-electron chi connectivity index (χ2n) is 4.19. The summed E-state index contributed by atoms with van der Waals surface area (Å²) in [5.41, 5.74) is 3.41. The molecule has 0 saturated heterocycles. The third-order valence-electron chi connectivity index (χ3n) is 2.63. The van der Waals surface area contributed by atoms with Crippen molar-refractivity contribution in [3.05, 3.63) is 40.5 Å². The Hall–Kier alpha value is -1.09. The fraction of sp³-hybridized carbons (Fsp3) is 0.308. The number of aromatic nitrogens is 2. The zero-order chi connectivity index (χ0) is 11.7. The average Bonchev–Trinajstić information content (AvgIpc) is 2.55. The molecule has 0 saturated carbocycles. The molecule has 0 radical (unpaired) electrons. The minimum Gasteiger partial charge on any atom is -0.271 e. The van der Waals surface area contributed by atoms with Gasteiger partial charge in [0.1, 0.15) is 5.69 Å². The van der Waals surface area contributed by atoms with Gasteiger partial charge in [0.2, 0.25) is 0 Å². The van der Waals surface area contributed by atoms with Crippen molar-refractivity contribution in [3.63, 3.8) is 0 Å². The molecule has 0 N–H and O–H groups in total. The van der Waals surface area contributed by atoms with Crippen molar-refractivity contribution < 1.29 is 0 Å². The predicted octanol–water partition coefficient (Wildman–Crippen LogP) is 3.97. The van der Waals surface area contributed by atoms with Gasteiger partial charge in [0.05, 0.1) is 10.2 Å². The Bertz CT molecular complexity index is 486. The lowest BCUT2D eigenvalue weighted by Crippen LogP contribution is -1.99. The first-order chi connectivity index (χ1) is 7.61. The normalized spacial score (nSPS) is 11.1. The van der Waals surface area contributed by atoms with Crippen LogP contribution in [0, 0.1) is 0 Å². The summed E-state index contributed by atoms with van der Waals surface area (Å²) in [6.07, 6.45) is 0. The van der Waals surface area contributed by atoms with Gasteiger partial charge < -0.3 is 0 Å². The number of hydrogen-bond acceptors (Lipinski definition) is 1. The molecule has 2 nitrogen and oxygen atoms in total. The van der Waals surface area contributed by atoms with E-state index in [2.05, 4.69) is 47.0 Å². The highest BCUT2D eigenvalue weighted by atomic mass is 79.9. The SMILES string of the molecule is CC(C)c1c(Br)c(-c2ccccc2)nn1C. The van der Waals surface area contributed by atoms with Crippen LogP contribution in [0.3, 0.4) is 0 Å². The summed E-state index contributed by atoms with van der Waals surface area (Å²) in [6.45, 7) is 4.35. The van der Waals surface area contributed by atoms with E-state index >= 15 is 0 Å². The van der Waals surface area contributed by atoms with Crippen LogP contribution in [-0.2, 0) is 7.05 Å². The maximum atomic E-state index is 4.57. The van der Waals surface area contributed by atoms with E-state index in [0.717, 1.165) is 15.7 Å². The Kier molecular flexibility index (Phi) is 3.15. The van der Waals surface area contributed by atoms with Crippen LogP contribution in [-0.4, -0.2) is 9.78 Å². The Morgan fingerprint density at radius 1 is 1.19 bits per heavy atom. The van der Waals surface area contributed by atoms with E-state index in [-0.39, 0.29) is 0 Å². The number of halogens is 1. The zero-order valence-electron chi connectivity index (χ0n) is 9.74. The highest BCUT2D eigenvalue weighted by molar-refractivity contribution is 9.10. The molecule has 0 amide bonds. The molecule has 3 heteroatoms. The summed E-state index contributed by atoms with van der Waals surface area (Å²) in [6, 6.07) is 10.2. The number of hydrogen-bond donors (Lipinski definition) is 0. The monoisotopic (exact) mass is 278 g/mol. The standard InChI is InChI=1S/C13H15BrN2/c1-9(2)13-11(14)12(15-16(13)3)10-7-5-4-6-8-10/h4-9H,1-3H3. The van der Waals surface area contributed by atoms with Crippen molar-refractivity contribution in [2.45, 2.75) is 19.8 Å². The number of rotatable bonds is 2. The van der Waals surface area contributed by atoms with E-state index in [0.29, 0.717) is 5.92 Å². The lowest BCUT2D eigenvalue weighted by Gasteiger charge is -2.05. The predicted molar refractivity (Wildman–Crippen MR) is 70.4 cm³/mol. The van der Waals surface area contributed by atoms with Gasteiger partial charge in [-0.25, -0.2) is 0 Å². The van der Waals surface area contributed by atoms with Gasteiger partial charge in [0.15, 0.2) is 0 Å². The van der Waals surface area contributed by atoms with Crippen LogP contribution in [0.25, 0.3) is 11.3 Å². The van der Waals surface area contributed by atoms with E-state index in [1.807, 2.05) is 29.9 Å². The first-order valence-corrected chi connectivity index (χ1v) is 6.18. The fourth-order valence-corrected chi connectivity index (χ4v) is 2.94. The first kappa shape index (κ1) is 11.4. The Labute approximate surface area is 104 Å². The van der Waals surface area contributed by atoms with Crippen LogP contribution in [0.4, 0.5) is 0 Å². The summed E-state index contributed by atoms with van der Waals surface area (Å²) < 4.78 is 3.06. The van der Waals surface area contributed by atoms with Gasteiger partial charge in [-0.15, -0.1) is 0 Å². The molecule has 0 fully saturated rings. The molecule has 16 heavy (non-hydrogen) atoms. The van der Waals surface area contributed by atoms with E-state index in [1.54, 1.807) is 0 Å². The second kappa shape index (κ2) is 4.42. The maximum Gasteiger partial charge on any atom is 0.107 e. The molecular formula is C13H15BrN2. The molecule has 0 atom stereocenters. The third kappa shape index (κ3) is 1.92. The summed E-state index contributed by atoms with van der Waals surface area (Å²) in [5.74, 6) is 0.462. The van der Waals surface area contributed by atoms with Crippen LogP contribution >= 0.6 is 15.9 Å². The summed E-state index contributed by atoms with van der Waals surface area (Å²) in [5, 5.41) is 4.57. The van der Waals surface area contributed by atoms with Crippen molar-refractivity contribution in [1.82, 2.24) is 9.78 Å². The maximum absolute atomic E-state index is 4.57. The molecule has 1 aromatic heterocycles. The summed E-state index contributed by atoms with van der Waals surface area (Å²) >= 11 is 3.66. The Morgan fingerprint density at radius 2 is 1.81 bits per heavy atom. The minimum absolute atomic E-state index is 0.462. The highest BCUT2D eigenvalue weighted by Gasteiger charge is 2.17. The lowest BCUT2D eigenvalue weighted by atomic mass is 10.1. The molecule has 1 aromatic carbocycles. The first-order valence-electron chi connectivity index (χ1n) is 5.39. The Balaban J connectivity index is 2.56. The van der Waals surface area contributed by atoms with E-state index < -0.39 is 0 Å². The zero-order valence-corrected chi connectivity index (χ0v) is 11.3. The second-order valence-corrected chi connectivity index (χ2v) is 4.99. The highest BCUT2D eigenvalue weighted by Crippen LogP contribution is 2.33. The molecule has 1 heterocycles. The van der Waals surface area contributed by atoms with Crippen molar-refractivity contribution in [2.24, 2.45) is 7.05 Å². The van der Waals surface area contributed by atoms with Crippen molar-refractivity contribution in [1.29, 1.82) is 0 Å². The van der Waals surface area contributed by atoms with Crippen LogP contribution in [0.2, 0.25) is 0 Å². The van der Waals surface area contributed by atoms with E-state index in [4.69, 9.17) is 0 Å². The van der Waals surface area contributed by atoms with Gasteiger partial charge in [-0.2, -0.15) is 5.10 Å². The van der Waals surface area contributed by atoms with Crippen molar-refractivity contribution in [2.75, 3.05) is 0 Å². The van der Waals surface area contributed by atoms with E-state index in [1.165, 1.54) is 5.69 Å². The molecule has 0 aliphatic rings. The molecule has 0 spiro atoms. The quantitative estimate of drug-likeness (QED) is 0.813. The lowest BCUT2D eigenvalue weighted by molar-refractivity contribution is 0.668. The molecule has 2 rings (SSSR count). The molecule has 0 aliphatic heterocycles. The molecule has 0 bridgehead atoms. The topological polar surface area (TPSA) is 17.8 Å². The van der Waals surface area contributed by atoms with Gasteiger partial charge >= 0.3 is 0 Å². The van der Waals surface area contributed by atoms with Gasteiger partial charge in [-0.1, -0.05) is 44.2 Å².